The number of carbonyl (C=O) groups is 2. The summed E-state index contributed by atoms with van der Waals surface area (Å²) in [5.41, 5.74) is 0.515. The van der Waals surface area contributed by atoms with Crippen LogP contribution in [-0.2, 0) is 9.59 Å². The molecule has 0 fully saturated rings. The summed E-state index contributed by atoms with van der Waals surface area (Å²) < 4.78 is 5.59. The van der Waals surface area contributed by atoms with Crippen molar-refractivity contribution in [1.82, 2.24) is 0 Å². The average molecular weight is 355 g/mol. The Morgan fingerprint density at radius 1 is 0.846 bits per heavy atom. The van der Waals surface area contributed by atoms with E-state index in [0.717, 1.165) is 16.5 Å². The number of fused-ring (bicyclic) bond motifs is 1. The number of ether oxygens (including phenoxy) is 1. The number of benzene rings is 2. The fraction of sp³-hybridized carbons (Fsp3) is 0.455. The highest BCUT2D eigenvalue weighted by Gasteiger charge is 2.20. The van der Waals surface area contributed by atoms with Gasteiger partial charge < -0.3 is 10.1 Å². The minimum Gasteiger partial charge on any atom is -0.426 e. The van der Waals surface area contributed by atoms with Gasteiger partial charge >= 0.3 is 5.97 Å². The Balaban J connectivity index is 2.28. The Labute approximate surface area is 155 Å². The number of carbonyl (C=O) groups excluding carboxylic acids is 2. The molecule has 4 heteroatoms. The van der Waals surface area contributed by atoms with Gasteiger partial charge in [-0.1, -0.05) is 65.8 Å². The van der Waals surface area contributed by atoms with Gasteiger partial charge in [-0.15, -0.1) is 0 Å². The zero-order chi connectivity index (χ0) is 19.5. The highest BCUT2D eigenvalue weighted by molar-refractivity contribution is 6.04. The van der Waals surface area contributed by atoms with E-state index in [9.17, 15) is 9.59 Å². The molecule has 26 heavy (non-hydrogen) atoms. The van der Waals surface area contributed by atoms with Gasteiger partial charge in [-0.2, -0.15) is 0 Å². The Bertz CT molecular complexity index is 742. The van der Waals surface area contributed by atoms with Gasteiger partial charge in [-0.3, -0.25) is 9.59 Å². The van der Waals surface area contributed by atoms with E-state index in [-0.39, 0.29) is 22.7 Å². The van der Waals surface area contributed by atoms with Crippen LogP contribution in [0, 0.1) is 10.8 Å². The average Bonchev–Trinajstić information content (AvgIpc) is 2.46. The SMILES string of the molecule is CC(C)(C)CC(=O)Nc1ccc(OC(=O)CC(C)(C)C)c2ccccc12. The summed E-state index contributed by atoms with van der Waals surface area (Å²) in [6.45, 7) is 12.1. The summed E-state index contributed by atoms with van der Waals surface area (Å²) in [4.78, 5) is 24.5. The van der Waals surface area contributed by atoms with Gasteiger partial charge in [-0.05, 0) is 23.0 Å². The molecule has 4 nitrogen and oxygen atoms in total. The second-order valence-electron chi connectivity index (χ2n) is 9.15. The number of esters is 1. The molecule has 0 saturated heterocycles. The van der Waals surface area contributed by atoms with E-state index >= 15 is 0 Å². The van der Waals surface area contributed by atoms with Gasteiger partial charge in [0, 0.05) is 22.9 Å². The molecular weight excluding hydrogens is 326 g/mol. The molecule has 0 aliphatic heterocycles. The van der Waals surface area contributed by atoms with Crippen LogP contribution in [0.4, 0.5) is 5.69 Å². The molecule has 0 saturated carbocycles. The van der Waals surface area contributed by atoms with Crippen molar-refractivity contribution in [3.63, 3.8) is 0 Å². The summed E-state index contributed by atoms with van der Waals surface area (Å²) >= 11 is 0. The standard InChI is InChI=1S/C22H29NO3/c1-21(2,3)13-19(24)23-17-11-12-18(16-10-8-7-9-15(16)17)26-20(25)14-22(4,5)6/h7-12H,13-14H2,1-6H3,(H,23,24). The van der Waals surface area contributed by atoms with Crippen LogP contribution in [-0.4, -0.2) is 11.9 Å². The van der Waals surface area contributed by atoms with Crippen LogP contribution in [0.2, 0.25) is 0 Å². The summed E-state index contributed by atoms with van der Waals surface area (Å²) in [6, 6.07) is 11.2. The maximum Gasteiger partial charge on any atom is 0.311 e. The van der Waals surface area contributed by atoms with E-state index in [1.165, 1.54) is 0 Å². The molecule has 140 valence electrons. The highest BCUT2D eigenvalue weighted by atomic mass is 16.5. The van der Waals surface area contributed by atoms with Crippen molar-refractivity contribution in [1.29, 1.82) is 0 Å². The maximum atomic E-state index is 12.3. The Hall–Kier alpha value is -2.36. The summed E-state index contributed by atoms with van der Waals surface area (Å²) in [5, 5.41) is 4.65. The number of anilines is 1. The number of amides is 1. The van der Waals surface area contributed by atoms with Crippen LogP contribution < -0.4 is 10.1 Å². The van der Waals surface area contributed by atoms with Crippen LogP contribution in [0.5, 0.6) is 5.75 Å². The third kappa shape index (κ3) is 5.87. The van der Waals surface area contributed by atoms with Crippen LogP contribution in [0.1, 0.15) is 54.4 Å². The van der Waals surface area contributed by atoms with Gasteiger partial charge in [0.15, 0.2) is 0 Å². The van der Waals surface area contributed by atoms with Gasteiger partial charge in [0.1, 0.15) is 5.75 Å². The van der Waals surface area contributed by atoms with Crippen LogP contribution >= 0.6 is 0 Å². The van der Waals surface area contributed by atoms with E-state index < -0.39 is 0 Å². The van der Waals surface area contributed by atoms with Crippen molar-refractivity contribution in [2.45, 2.75) is 54.4 Å². The summed E-state index contributed by atoms with van der Waals surface area (Å²) in [6.07, 6.45) is 0.773. The lowest BCUT2D eigenvalue weighted by Crippen LogP contribution is -2.20. The Kier molecular flexibility index (Phi) is 5.74. The fourth-order valence-corrected chi connectivity index (χ4v) is 2.74. The van der Waals surface area contributed by atoms with E-state index in [0.29, 0.717) is 18.6 Å². The van der Waals surface area contributed by atoms with Crippen molar-refractivity contribution in [2.75, 3.05) is 5.32 Å². The van der Waals surface area contributed by atoms with E-state index in [1.807, 2.05) is 65.8 Å². The van der Waals surface area contributed by atoms with E-state index in [4.69, 9.17) is 4.74 Å². The van der Waals surface area contributed by atoms with Gasteiger partial charge in [-0.25, -0.2) is 0 Å². The molecule has 0 atom stereocenters. The van der Waals surface area contributed by atoms with Gasteiger partial charge in [0.2, 0.25) is 5.91 Å². The molecule has 0 radical (unpaired) electrons. The maximum absolute atomic E-state index is 12.3. The molecule has 2 aromatic carbocycles. The van der Waals surface area contributed by atoms with Crippen molar-refractivity contribution in [3.05, 3.63) is 36.4 Å². The van der Waals surface area contributed by atoms with Crippen LogP contribution in [0.15, 0.2) is 36.4 Å². The molecule has 0 aliphatic carbocycles. The second-order valence-corrected chi connectivity index (χ2v) is 9.15. The minimum atomic E-state index is -0.257. The number of hydrogen-bond donors (Lipinski definition) is 1. The first-order chi connectivity index (χ1) is 11.9. The fourth-order valence-electron chi connectivity index (χ4n) is 2.74. The molecule has 0 aromatic heterocycles. The Morgan fingerprint density at radius 3 is 2.00 bits per heavy atom. The van der Waals surface area contributed by atoms with Crippen molar-refractivity contribution in [3.8, 4) is 5.75 Å². The van der Waals surface area contributed by atoms with E-state index in [2.05, 4.69) is 5.32 Å². The first-order valence-corrected chi connectivity index (χ1v) is 8.97. The molecule has 1 amide bonds. The van der Waals surface area contributed by atoms with Gasteiger partial charge in [0.05, 0.1) is 6.42 Å². The molecule has 2 aromatic rings. The van der Waals surface area contributed by atoms with Crippen molar-refractivity contribution in [2.24, 2.45) is 10.8 Å². The van der Waals surface area contributed by atoms with Crippen LogP contribution in [0.25, 0.3) is 10.8 Å². The Morgan fingerprint density at radius 2 is 1.42 bits per heavy atom. The lowest BCUT2D eigenvalue weighted by atomic mass is 9.92. The predicted molar refractivity (Wildman–Crippen MR) is 106 cm³/mol. The molecule has 0 bridgehead atoms. The van der Waals surface area contributed by atoms with E-state index in [1.54, 1.807) is 12.1 Å². The molecule has 0 spiro atoms. The minimum absolute atomic E-state index is 0.0277. The lowest BCUT2D eigenvalue weighted by Gasteiger charge is -2.19. The molecule has 0 unspecified atom stereocenters. The zero-order valence-electron chi connectivity index (χ0n) is 16.6. The molecule has 1 N–H and O–H groups in total. The van der Waals surface area contributed by atoms with Crippen LogP contribution in [0.3, 0.4) is 0 Å². The van der Waals surface area contributed by atoms with Gasteiger partial charge in [0.25, 0.3) is 0 Å². The van der Waals surface area contributed by atoms with Crippen molar-refractivity contribution < 1.29 is 14.3 Å². The summed E-state index contributed by atoms with van der Waals surface area (Å²) in [7, 11) is 0. The topological polar surface area (TPSA) is 55.4 Å². The highest BCUT2D eigenvalue weighted by Crippen LogP contribution is 2.33. The monoisotopic (exact) mass is 355 g/mol. The smallest absolute Gasteiger partial charge is 0.311 e. The predicted octanol–water partition coefficient (Wildman–Crippen LogP) is 5.56. The zero-order valence-corrected chi connectivity index (χ0v) is 16.6. The van der Waals surface area contributed by atoms with Crippen molar-refractivity contribution >= 4 is 28.3 Å². The molecule has 2 rings (SSSR count). The second kappa shape index (κ2) is 7.48. The quantitative estimate of drug-likeness (QED) is 0.577. The molecule has 0 aliphatic rings. The third-order valence-electron chi connectivity index (χ3n) is 3.75. The molecule has 0 heterocycles. The third-order valence-corrected chi connectivity index (χ3v) is 3.75. The molecular formula is C22H29NO3. The number of hydrogen-bond acceptors (Lipinski definition) is 3. The first kappa shape index (κ1) is 20.0. The first-order valence-electron chi connectivity index (χ1n) is 8.97. The summed E-state index contributed by atoms with van der Waals surface area (Å²) in [5.74, 6) is 0.232. The normalized spacial score (nSPS) is 12.1. The largest absolute Gasteiger partial charge is 0.426 e. The number of rotatable bonds is 4. The lowest BCUT2D eigenvalue weighted by molar-refractivity contribution is -0.136. The number of nitrogens with one attached hydrogen (secondary N) is 1.